The molecular weight excluding hydrogens is 439 g/mol. The largest absolute Gasteiger partial charge is 0.433 e. The number of aliphatic imine (C=N–C) groups is 2. The molecule has 0 fully saturated rings. The second-order valence-corrected chi connectivity index (χ2v) is 8.10. The number of hydrogen-bond acceptors (Lipinski definition) is 5. The van der Waals surface area contributed by atoms with Crippen LogP contribution < -0.4 is 5.32 Å². The van der Waals surface area contributed by atoms with E-state index in [4.69, 9.17) is 4.98 Å². The molecule has 0 bridgehead atoms. The fraction of sp³-hybridized carbons (Fsp3) is 0.227. The third-order valence-electron chi connectivity index (χ3n) is 5.05. The van der Waals surface area contributed by atoms with Crippen molar-refractivity contribution in [1.82, 2.24) is 15.3 Å². The van der Waals surface area contributed by atoms with Gasteiger partial charge >= 0.3 is 12.2 Å². The summed E-state index contributed by atoms with van der Waals surface area (Å²) in [5.74, 6) is -0.420. The van der Waals surface area contributed by atoms with Crippen molar-refractivity contribution in [2.24, 2.45) is 9.98 Å². The Hall–Kier alpha value is -3.40. The van der Waals surface area contributed by atoms with E-state index in [9.17, 15) is 18.0 Å². The average Bonchev–Trinajstić information content (AvgIpc) is 3.23. The SMILES string of the molecule is CN=Cc1ccc(-c2csc(C3C(C)=NC(=O)NC3c3ccc(C(F)(F)F)nc3)n2)cc1. The molecule has 3 aromatic rings. The van der Waals surface area contributed by atoms with Gasteiger partial charge in [-0.25, -0.2) is 14.8 Å². The predicted molar refractivity (Wildman–Crippen MR) is 117 cm³/mol. The van der Waals surface area contributed by atoms with Crippen LogP contribution in [0, 0.1) is 0 Å². The Morgan fingerprint density at radius 1 is 1.16 bits per heavy atom. The molecule has 2 aromatic heterocycles. The third-order valence-corrected chi connectivity index (χ3v) is 5.98. The third kappa shape index (κ3) is 4.45. The van der Waals surface area contributed by atoms with Crippen LogP contribution in [0.4, 0.5) is 18.0 Å². The van der Waals surface area contributed by atoms with E-state index in [0.29, 0.717) is 16.3 Å². The lowest BCUT2D eigenvalue weighted by atomic mass is 9.89. The molecule has 2 amide bonds. The number of carbonyl (C=O) groups excluding carboxylic acids is 1. The fourth-order valence-electron chi connectivity index (χ4n) is 3.53. The molecule has 0 saturated heterocycles. The molecule has 1 aromatic carbocycles. The van der Waals surface area contributed by atoms with Crippen LogP contribution in [0.3, 0.4) is 0 Å². The maximum Gasteiger partial charge on any atom is 0.433 e. The lowest BCUT2D eigenvalue weighted by Crippen LogP contribution is -2.38. The van der Waals surface area contributed by atoms with E-state index >= 15 is 0 Å². The number of nitrogens with zero attached hydrogens (tertiary/aromatic N) is 4. The van der Waals surface area contributed by atoms with Crippen molar-refractivity contribution in [3.05, 3.63) is 69.8 Å². The number of pyridine rings is 1. The minimum absolute atomic E-state index is 0.420. The Labute approximate surface area is 186 Å². The van der Waals surface area contributed by atoms with Gasteiger partial charge in [-0.2, -0.15) is 13.2 Å². The molecule has 0 saturated carbocycles. The molecular formula is C22H18F3N5OS. The zero-order valence-electron chi connectivity index (χ0n) is 17.1. The van der Waals surface area contributed by atoms with Gasteiger partial charge in [-0.05, 0) is 24.1 Å². The molecule has 0 radical (unpaired) electrons. The average molecular weight is 457 g/mol. The number of halogens is 3. The van der Waals surface area contributed by atoms with Crippen molar-refractivity contribution in [3.63, 3.8) is 0 Å². The molecule has 1 N–H and O–H groups in total. The van der Waals surface area contributed by atoms with Crippen molar-refractivity contribution in [1.29, 1.82) is 0 Å². The van der Waals surface area contributed by atoms with E-state index in [2.05, 4.69) is 20.3 Å². The van der Waals surface area contributed by atoms with Gasteiger partial charge in [0.05, 0.1) is 17.7 Å². The van der Waals surface area contributed by atoms with Gasteiger partial charge in [0.1, 0.15) is 10.7 Å². The maximum atomic E-state index is 12.9. The summed E-state index contributed by atoms with van der Waals surface area (Å²) in [6.45, 7) is 1.72. The first-order chi connectivity index (χ1) is 15.3. The molecule has 3 heterocycles. The first kappa shape index (κ1) is 21.8. The van der Waals surface area contributed by atoms with Gasteiger partial charge in [-0.3, -0.25) is 9.98 Å². The lowest BCUT2D eigenvalue weighted by molar-refractivity contribution is -0.141. The number of urea groups is 1. The van der Waals surface area contributed by atoms with Gasteiger partial charge in [0, 0.05) is 36.1 Å². The fourth-order valence-corrected chi connectivity index (χ4v) is 4.55. The first-order valence-corrected chi connectivity index (χ1v) is 10.5. The van der Waals surface area contributed by atoms with Crippen molar-refractivity contribution in [2.75, 3.05) is 7.05 Å². The monoisotopic (exact) mass is 457 g/mol. The predicted octanol–water partition coefficient (Wildman–Crippen LogP) is 5.28. The zero-order chi connectivity index (χ0) is 22.9. The molecule has 6 nitrogen and oxygen atoms in total. The van der Waals surface area contributed by atoms with E-state index in [1.54, 1.807) is 20.2 Å². The summed E-state index contributed by atoms with van der Waals surface area (Å²) >= 11 is 1.41. The molecule has 0 spiro atoms. The van der Waals surface area contributed by atoms with Crippen LogP contribution in [0.15, 0.2) is 58.0 Å². The summed E-state index contributed by atoms with van der Waals surface area (Å²) in [7, 11) is 1.70. The van der Waals surface area contributed by atoms with E-state index in [0.717, 1.165) is 29.1 Å². The number of rotatable bonds is 4. The van der Waals surface area contributed by atoms with Gasteiger partial charge in [-0.15, -0.1) is 11.3 Å². The summed E-state index contributed by atoms with van der Waals surface area (Å²) in [5, 5.41) is 5.35. The Bertz CT molecular complexity index is 1180. The van der Waals surface area contributed by atoms with Crippen LogP contribution in [0.2, 0.25) is 0 Å². The van der Waals surface area contributed by atoms with Gasteiger partial charge in [0.15, 0.2) is 0 Å². The van der Waals surface area contributed by atoms with Crippen LogP contribution in [0.1, 0.15) is 40.7 Å². The maximum absolute atomic E-state index is 12.9. The molecule has 10 heteroatoms. The Balaban J connectivity index is 1.67. The minimum atomic E-state index is -4.53. The molecule has 32 heavy (non-hydrogen) atoms. The highest BCUT2D eigenvalue weighted by atomic mass is 32.1. The van der Waals surface area contributed by atoms with Crippen LogP contribution in [-0.4, -0.2) is 35.0 Å². The second-order valence-electron chi connectivity index (χ2n) is 7.21. The molecule has 2 atom stereocenters. The van der Waals surface area contributed by atoms with E-state index in [1.165, 1.54) is 17.4 Å². The second kappa shape index (κ2) is 8.62. The number of thiazole rings is 1. The summed E-state index contributed by atoms with van der Waals surface area (Å²) < 4.78 is 38.7. The Morgan fingerprint density at radius 3 is 2.53 bits per heavy atom. The Kier molecular flexibility index (Phi) is 5.88. The highest BCUT2D eigenvalue weighted by molar-refractivity contribution is 7.10. The molecule has 4 rings (SSSR count). The van der Waals surface area contributed by atoms with Gasteiger partial charge in [0.25, 0.3) is 0 Å². The van der Waals surface area contributed by atoms with Crippen LogP contribution >= 0.6 is 11.3 Å². The van der Waals surface area contributed by atoms with Crippen molar-refractivity contribution in [2.45, 2.75) is 25.1 Å². The molecule has 0 aliphatic carbocycles. The van der Waals surface area contributed by atoms with Crippen LogP contribution in [0.25, 0.3) is 11.3 Å². The summed E-state index contributed by atoms with van der Waals surface area (Å²) in [6, 6.07) is 8.82. The van der Waals surface area contributed by atoms with Gasteiger partial charge in [-0.1, -0.05) is 30.3 Å². The molecule has 2 unspecified atom stereocenters. The summed E-state index contributed by atoms with van der Waals surface area (Å²) in [6.07, 6.45) is -1.64. The van der Waals surface area contributed by atoms with E-state index in [-0.39, 0.29) is 0 Å². The highest BCUT2D eigenvalue weighted by Gasteiger charge is 2.36. The quantitative estimate of drug-likeness (QED) is 0.541. The highest BCUT2D eigenvalue weighted by Crippen LogP contribution is 2.38. The number of carbonyl (C=O) groups is 1. The van der Waals surface area contributed by atoms with Crippen molar-refractivity contribution >= 4 is 29.3 Å². The lowest BCUT2D eigenvalue weighted by Gasteiger charge is -2.29. The van der Waals surface area contributed by atoms with Crippen molar-refractivity contribution < 1.29 is 18.0 Å². The molecule has 1 aliphatic heterocycles. The summed E-state index contributed by atoms with van der Waals surface area (Å²) in [5.41, 5.74) is 2.65. The number of hydrogen-bond donors (Lipinski definition) is 1. The number of nitrogens with one attached hydrogen (secondary N) is 1. The van der Waals surface area contributed by atoms with Crippen LogP contribution in [0.5, 0.6) is 0 Å². The number of amides is 2. The number of alkyl halides is 3. The van der Waals surface area contributed by atoms with Crippen molar-refractivity contribution in [3.8, 4) is 11.3 Å². The smallest absolute Gasteiger partial charge is 0.328 e. The van der Waals surface area contributed by atoms with E-state index in [1.807, 2.05) is 29.6 Å². The zero-order valence-corrected chi connectivity index (χ0v) is 17.9. The van der Waals surface area contributed by atoms with E-state index < -0.39 is 29.9 Å². The normalized spacial score (nSPS) is 19.2. The standard InChI is InChI=1S/C22H18F3N5OS/c1-12-18(20-29-16(11-32-20)14-5-3-13(4-6-14)9-26-2)19(30-21(31)28-12)15-7-8-17(27-10-15)22(23,24)25/h3-11,18-19H,1-2H3,(H,30,31). The first-order valence-electron chi connectivity index (χ1n) is 9.63. The topological polar surface area (TPSA) is 79.6 Å². The summed E-state index contributed by atoms with van der Waals surface area (Å²) in [4.78, 5) is 28.3. The molecule has 164 valence electrons. The van der Waals surface area contributed by atoms with Gasteiger partial charge in [0.2, 0.25) is 0 Å². The number of aromatic nitrogens is 2. The van der Waals surface area contributed by atoms with Crippen LogP contribution in [-0.2, 0) is 6.18 Å². The van der Waals surface area contributed by atoms with Gasteiger partial charge < -0.3 is 5.32 Å². The molecule has 1 aliphatic rings. The minimum Gasteiger partial charge on any atom is -0.328 e. The Morgan fingerprint density at radius 2 is 1.91 bits per heavy atom. The number of benzene rings is 1.